The first-order chi connectivity index (χ1) is 10.0. The summed E-state index contributed by atoms with van der Waals surface area (Å²) in [6.45, 7) is 0.556. The summed E-state index contributed by atoms with van der Waals surface area (Å²) in [7, 11) is 0. The van der Waals surface area contributed by atoms with Crippen molar-refractivity contribution in [1.29, 1.82) is 0 Å². The number of hydrogen-bond donors (Lipinski definition) is 1. The summed E-state index contributed by atoms with van der Waals surface area (Å²) in [6.07, 6.45) is 1.27. The highest BCUT2D eigenvalue weighted by Crippen LogP contribution is 2.44. The molecule has 1 aromatic carbocycles. The number of aliphatic hydroxyl groups excluding tert-OH is 1. The van der Waals surface area contributed by atoms with E-state index in [1.807, 2.05) is 11.8 Å². The molecule has 3 atom stereocenters. The summed E-state index contributed by atoms with van der Waals surface area (Å²) in [5.74, 6) is 0.480. The smallest absolute Gasteiger partial charge is 0.142 e. The summed E-state index contributed by atoms with van der Waals surface area (Å²) in [5, 5.41) is 10.2. The zero-order valence-electron chi connectivity index (χ0n) is 11.4. The molecule has 2 fully saturated rings. The quantitative estimate of drug-likeness (QED) is 0.830. The van der Waals surface area contributed by atoms with Gasteiger partial charge in [-0.25, -0.2) is 8.78 Å². The lowest BCUT2D eigenvalue weighted by Gasteiger charge is -2.39. The van der Waals surface area contributed by atoms with E-state index in [1.54, 1.807) is 0 Å². The average molecular weight is 335 g/mol. The highest BCUT2D eigenvalue weighted by atomic mass is 35.5. The summed E-state index contributed by atoms with van der Waals surface area (Å²) in [6, 6.07) is 1.93. The second kappa shape index (κ2) is 6.03. The van der Waals surface area contributed by atoms with Gasteiger partial charge in [-0.1, -0.05) is 11.6 Å². The van der Waals surface area contributed by atoms with Crippen LogP contribution < -0.4 is 0 Å². The van der Waals surface area contributed by atoms with Gasteiger partial charge >= 0.3 is 0 Å². The fourth-order valence-electron chi connectivity index (χ4n) is 3.22. The monoisotopic (exact) mass is 334 g/mol. The van der Waals surface area contributed by atoms with E-state index in [2.05, 4.69) is 0 Å². The van der Waals surface area contributed by atoms with E-state index in [4.69, 9.17) is 16.3 Å². The average Bonchev–Trinajstić information content (AvgIpc) is 2.90. The minimum atomic E-state index is -1.02. The maximum atomic E-state index is 14.0. The molecule has 116 valence electrons. The van der Waals surface area contributed by atoms with Crippen LogP contribution in [0.5, 0.6) is 0 Å². The van der Waals surface area contributed by atoms with Crippen LogP contribution in [0.2, 0.25) is 5.02 Å². The van der Waals surface area contributed by atoms with Crippen molar-refractivity contribution in [3.05, 3.63) is 34.4 Å². The van der Waals surface area contributed by atoms with Crippen molar-refractivity contribution in [3.8, 4) is 0 Å². The predicted octanol–water partition coefficient (Wildman–Crippen LogP) is 3.95. The highest BCUT2D eigenvalue weighted by molar-refractivity contribution is 7.99. The van der Waals surface area contributed by atoms with Crippen LogP contribution in [0.3, 0.4) is 0 Å². The van der Waals surface area contributed by atoms with Gasteiger partial charge in [0.25, 0.3) is 0 Å². The van der Waals surface area contributed by atoms with Gasteiger partial charge in [-0.2, -0.15) is 11.8 Å². The van der Waals surface area contributed by atoms with E-state index in [0.29, 0.717) is 19.4 Å². The molecule has 2 aliphatic heterocycles. The topological polar surface area (TPSA) is 29.5 Å². The fraction of sp³-hybridized carbons (Fsp3) is 0.600. The van der Waals surface area contributed by atoms with E-state index in [1.165, 1.54) is 0 Å². The van der Waals surface area contributed by atoms with Crippen molar-refractivity contribution >= 4 is 23.4 Å². The lowest BCUT2D eigenvalue weighted by Crippen LogP contribution is -2.41. The normalized spacial score (nSPS) is 30.8. The molecule has 0 amide bonds. The minimum absolute atomic E-state index is 0.00963. The SMILES string of the molecule is OC(c1cc(F)c(Cl)cc1F)C1CCOC2(CCSC2)C1. The van der Waals surface area contributed by atoms with E-state index in [-0.39, 0.29) is 22.1 Å². The van der Waals surface area contributed by atoms with Gasteiger partial charge in [-0.15, -0.1) is 0 Å². The highest BCUT2D eigenvalue weighted by Gasteiger charge is 2.42. The summed E-state index contributed by atoms with van der Waals surface area (Å²) >= 11 is 7.39. The zero-order valence-corrected chi connectivity index (χ0v) is 13.0. The van der Waals surface area contributed by atoms with Gasteiger partial charge < -0.3 is 9.84 Å². The van der Waals surface area contributed by atoms with Crippen LogP contribution in [0, 0.1) is 17.6 Å². The molecule has 1 N–H and O–H groups in total. The number of ether oxygens (including phenoxy) is 1. The second-order valence-corrected chi connectivity index (χ2v) is 7.33. The first-order valence-electron chi connectivity index (χ1n) is 7.05. The van der Waals surface area contributed by atoms with Crippen LogP contribution in [0.4, 0.5) is 8.78 Å². The maximum absolute atomic E-state index is 14.0. The molecule has 1 spiro atoms. The van der Waals surface area contributed by atoms with Crippen molar-refractivity contribution in [2.45, 2.75) is 31.0 Å². The first-order valence-corrected chi connectivity index (χ1v) is 8.58. The van der Waals surface area contributed by atoms with Gasteiger partial charge in [0.1, 0.15) is 11.6 Å². The van der Waals surface area contributed by atoms with Crippen molar-refractivity contribution in [2.24, 2.45) is 5.92 Å². The van der Waals surface area contributed by atoms with Crippen LogP contribution in [-0.4, -0.2) is 28.8 Å². The third-order valence-electron chi connectivity index (χ3n) is 4.40. The zero-order chi connectivity index (χ0) is 15.0. The molecular weight excluding hydrogens is 318 g/mol. The molecule has 0 bridgehead atoms. The molecule has 3 rings (SSSR count). The van der Waals surface area contributed by atoms with E-state index < -0.39 is 17.7 Å². The molecule has 2 saturated heterocycles. The van der Waals surface area contributed by atoms with Gasteiger partial charge in [0.15, 0.2) is 0 Å². The molecule has 0 aliphatic carbocycles. The Balaban J connectivity index is 1.81. The number of hydrogen-bond acceptors (Lipinski definition) is 3. The Hall–Kier alpha value is -0.360. The minimum Gasteiger partial charge on any atom is -0.388 e. The molecule has 0 radical (unpaired) electrons. The second-order valence-electron chi connectivity index (χ2n) is 5.82. The molecule has 21 heavy (non-hydrogen) atoms. The molecule has 0 aromatic heterocycles. The van der Waals surface area contributed by atoms with Gasteiger partial charge in [0.05, 0.1) is 16.7 Å². The molecule has 2 heterocycles. The van der Waals surface area contributed by atoms with Crippen molar-refractivity contribution < 1.29 is 18.6 Å². The first kappa shape index (κ1) is 15.5. The van der Waals surface area contributed by atoms with Crippen molar-refractivity contribution in [1.82, 2.24) is 0 Å². The number of aliphatic hydroxyl groups is 1. The van der Waals surface area contributed by atoms with Crippen molar-refractivity contribution in [2.75, 3.05) is 18.1 Å². The van der Waals surface area contributed by atoms with Crippen molar-refractivity contribution in [3.63, 3.8) is 0 Å². The number of thioether (sulfide) groups is 1. The lowest BCUT2D eigenvalue weighted by atomic mass is 9.80. The van der Waals surface area contributed by atoms with Crippen LogP contribution in [0.25, 0.3) is 0 Å². The summed E-state index contributed by atoms with van der Waals surface area (Å²) < 4.78 is 33.4. The van der Waals surface area contributed by atoms with Crippen LogP contribution >= 0.6 is 23.4 Å². The molecule has 6 heteroatoms. The molecule has 2 aliphatic rings. The van der Waals surface area contributed by atoms with E-state index >= 15 is 0 Å². The van der Waals surface area contributed by atoms with Crippen LogP contribution in [-0.2, 0) is 4.74 Å². The Bertz CT molecular complexity index is 535. The van der Waals surface area contributed by atoms with Gasteiger partial charge in [0.2, 0.25) is 0 Å². The summed E-state index contributed by atoms with van der Waals surface area (Å²) in [5.41, 5.74) is -0.208. The molecule has 1 aromatic rings. The molecule has 2 nitrogen and oxygen atoms in total. The molecule has 3 unspecified atom stereocenters. The number of halogens is 3. The Morgan fingerprint density at radius 3 is 2.90 bits per heavy atom. The molecular formula is C15H17ClF2O2S. The van der Waals surface area contributed by atoms with Gasteiger partial charge in [-0.3, -0.25) is 0 Å². The Morgan fingerprint density at radius 2 is 2.19 bits per heavy atom. The van der Waals surface area contributed by atoms with Gasteiger partial charge in [-0.05, 0) is 43.1 Å². The number of rotatable bonds is 2. The third-order valence-corrected chi connectivity index (χ3v) is 5.92. The standard InChI is InChI=1S/C15H17ClF2O2S/c16-11-6-12(17)10(5-13(11)18)14(19)9-1-3-20-15(7-9)2-4-21-8-15/h5-6,9,14,19H,1-4,7-8H2. The van der Waals surface area contributed by atoms with E-state index in [0.717, 1.165) is 30.1 Å². The third kappa shape index (κ3) is 3.07. The van der Waals surface area contributed by atoms with Crippen LogP contribution in [0.15, 0.2) is 12.1 Å². The lowest BCUT2D eigenvalue weighted by molar-refractivity contribution is -0.102. The largest absolute Gasteiger partial charge is 0.388 e. The predicted molar refractivity (Wildman–Crippen MR) is 79.7 cm³/mol. The van der Waals surface area contributed by atoms with E-state index in [9.17, 15) is 13.9 Å². The summed E-state index contributed by atoms with van der Waals surface area (Å²) in [4.78, 5) is 0. The Labute approximate surface area is 131 Å². The van der Waals surface area contributed by atoms with Crippen LogP contribution in [0.1, 0.15) is 30.9 Å². The maximum Gasteiger partial charge on any atom is 0.142 e. The fourth-order valence-corrected chi connectivity index (χ4v) is 4.75. The molecule has 0 saturated carbocycles. The number of benzene rings is 1. The Kier molecular flexibility index (Phi) is 4.46. The Morgan fingerprint density at radius 1 is 1.38 bits per heavy atom. The van der Waals surface area contributed by atoms with Gasteiger partial charge in [0, 0.05) is 17.9 Å².